The van der Waals surface area contributed by atoms with Gasteiger partial charge in [0.25, 0.3) is 0 Å². The van der Waals surface area contributed by atoms with Crippen molar-refractivity contribution in [2.75, 3.05) is 6.54 Å². The third-order valence-corrected chi connectivity index (χ3v) is 4.10. The van der Waals surface area contributed by atoms with E-state index in [-0.39, 0.29) is 17.9 Å². The van der Waals surface area contributed by atoms with Gasteiger partial charge < -0.3 is 15.7 Å². The van der Waals surface area contributed by atoms with Crippen LogP contribution in [0.3, 0.4) is 0 Å². The zero-order valence-corrected chi connectivity index (χ0v) is 11.6. The molecular formula is C13H22N2O4. The van der Waals surface area contributed by atoms with Gasteiger partial charge in [-0.15, -0.1) is 0 Å². The average molecular weight is 270 g/mol. The van der Waals surface area contributed by atoms with Gasteiger partial charge in [0.15, 0.2) is 0 Å². The number of likely N-dealkylation sites (tertiary alicyclic amines) is 1. The molecule has 4 atom stereocenters. The zero-order chi connectivity index (χ0) is 14.7. The maximum atomic E-state index is 12.3. The first kappa shape index (κ1) is 15.5. The number of nitrogens with two attached hydrogens (primary N) is 1. The number of carboxylic acid groups (broad SMARTS) is 1. The van der Waals surface area contributed by atoms with Crippen LogP contribution in [-0.2, 0) is 14.4 Å². The first-order chi connectivity index (χ1) is 8.75. The van der Waals surface area contributed by atoms with E-state index in [1.165, 1.54) is 6.92 Å². The highest BCUT2D eigenvalue weighted by Gasteiger charge is 2.36. The number of hydrogen-bond donors (Lipinski definition) is 2. The molecule has 2 amide bonds. The summed E-state index contributed by atoms with van der Waals surface area (Å²) in [7, 11) is 0. The van der Waals surface area contributed by atoms with Gasteiger partial charge in [-0.2, -0.15) is 0 Å². The van der Waals surface area contributed by atoms with E-state index in [2.05, 4.69) is 0 Å². The summed E-state index contributed by atoms with van der Waals surface area (Å²) in [4.78, 5) is 36.1. The van der Waals surface area contributed by atoms with Crippen LogP contribution in [-0.4, -0.2) is 40.4 Å². The van der Waals surface area contributed by atoms with Crippen LogP contribution >= 0.6 is 0 Å². The highest BCUT2D eigenvalue weighted by Crippen LogP contribution is 2.25. The number of rotatable bonds is 4. The first-order valence-corrected chi connectivity index (χ1v) is 6.58. The number of carbonyl (C=O) groups excluding carboxylic acids is 2. The van der Waals surface area contributed by atoms with E-state index >= 15 is 0 Å². The van der Waals surface area contributed by atoms with Gasteiger partial charge in [0.05, 0.1) is 11.8 Å². The highest BCUT2D eigenvalue weighted by molar-refractivity contribution is 5.85. The lowest BCUT2D eigenvalue weighted by molar-refractivity contribution is -0.151. The summed E-state index contributed by atoms with van der Waals surface area (Å²) < 4.78 is 0. The zero-order valence-electron chi connectivity index (χ0n) is 11.6. The summed E-state index contributed by atoms with van der Waals surface area (Å²) in [5.41, 5.74) is 5.29. The van der Waals surface area contributed by atoms with Crippen molar-refractivity contribution in [3.05, 3.63) is 0 Å². The normalized spacial score (nSPS) is 26.6. The lowest BCUT2D eigenvalue weighted by Gasteiger charge is -2.38. The number of carboxylic acids is 1. The van der Waals surface area contributed by atoms with Crippen LogP contribution in [0.1, 0.15) is 33.6 Å². The number of amides is 2. The molecule has 0 aromatic rings. The quantitative estimate of drug-likeness (QED) is 0.774. The summed E-state index contributed by atoms with van der Waals surface area (Å²) in [5.74, 6) is -3.28. The molecule has 3 N–H and O–H groups in total. The molecule has 1 saturated heterocycles. The third kappa shape index (κ3) is 3.45. The molecule has 0 bridgehead atoms. The first-order valence-electron chi connectivity index (χ1n) is 6.58. The Morgan fingerprint density at radius 3 is 2.26 bits per heavy atom. The van der Waals surface area contributed by atoms with E-state index in [4.69, 9.17) is 10.8 Å². The summed E-state index contributed by atoms with van der Waals surface area (Å²) >= 11 is 0. The van der Waals surface area contributed by atoms with E-state index in [9.17, 15) is 14.4 Å². The van der Waals surface area contributed by atoms with Crippen molar-refractivity contribution in [3.8, 4) is 0 Å². The third-order valence-electron chi connectivity index (χ3n) is 4.10. The predicted octanol–water partition coefficient (Wildman–Crippen LogP) is 0.456. The highest BCUT2D eigenvalue weighted by atomic mass is 16.4. The molecule has 1 aliphatic heterocycles. The molecule has 1 aliphatic rings. The van der Waals surface area contributed by atoms with Crippen LogP contribution in [0.5, 0.6) is 0 Å². The summed E-state index contributed by atoms with van der Waals surface area (Å²) in [5, 5.41) is 8.96. The lowest BCUT2D eigenvalue weighted by atomic mass is 9.89. The molecule has 19 heavy (non-hydrogen) atoms. The molecule has 0 aliphatic carbocycles. The molecule has 0 radical (unpaired) electrons. The summed E-state index contributed by atoms with van der Waals surface area (Å²) in [6.07, 6.45) is 1.40. The molecule has 0 aromatic carbocycles. The van der Waals surface area contributed by atoms with Crippen LogP contribution in [0.25, 0.3) is 0 Å². The average Bonchev–Trinajstić information content (AvgIpc) is 2.36. The van der Waals surface area contributed by atoms with Crippen molar-refractivity contribution in [3.63, 3.8) is 0 Å². The molecule has 1 fully saturated rings. The Balaban J connectivity index is 2.78. The van der Waals surface area contributed by atoms with Crippen LogP contribution < -0.4 is 5.73 Å². The molecule has 108 valence electrons. The number of piperidine rings is 1. The molecule has 0 spiro atoms. The van der Waals surface area contributed by atoms with Gasteiger partial charge in [-0.25, -0.2) is 0 Å². The van der Waals surface area contributed by atoms with Crippen molar-refractivity contribution >= 4 is 17.8 Å². The Bertz CT molecular complexity index is 383. The Labute approximate surface area is 112 Å². The second-order valence-corrected chi connectivity index (χ2v) is 5.43. The number of carbonyl (C=O) groups is 3. The van der Waals surface area contributed by atoms with E-state index in [0.29, 0.717) is 19.4 Å². The standard InChI is InChI=1S/C13H22N2O4/c1-7-4-5-10(11(14)16)6-15(7)12(17)8(2)9(3)13(18)19/h7-10H,4-6H2,1-3H3,(H2,14,16)(H,18,19). The van der Waals surface area contributed by atoms with Crippen LogP contribution in [0, 0.1) is 17.8 Å². The van der Waals surface area contributed by atoms with Crippen molar-refractivity contribution in [2.24, 2.45) is 23.5 Å². The molecule has 0 aromatic heterocycles. The fourth-order valence-electron chi connectivity index (χ4n) is 2.34. The SMILES string of the molecule is CC(C(=O)O)C(C)C(=O)N1CC(C(N)=O)CCC1C. The van der Waals surface area contributed by atoms with E-state index in [1.807, 2.05) is 6.92 Å². The molecular weight excluding hydrogens is 248 g/mol. The minimum atomic E-state index is -0.989. The minimum absolute atomic E-state index is 0.0199. The fourth-order valence-corrected chi connectivity index (χ4v) is 2.34. The van der Waals surface area contributed by atoms with Gasteiger partial charge in [0.2, 0.25) is 11.8 Å². The van der Waals surface area contributed by atoms with Crippen molar-refractivity contribution < 1.29 is 19.5 Å². The van der Waals surface area contributed by atoms with Gasteiger partial charge >= 0.3 is 5.97 Å². The van der Waals surface area contributed by atoms with E-state index in [1.54, 1.807) is 11.8 Å². The second-order valence-electron chi connectivity index (χ2n) is 5.43. The number of nitrogens with zero attached hydrogens (tertiary/aromatic N) is 1. The molecule has 0 saturated carbocycles. The second kappa shape index (κ2) is 6.04. The summed E-state index contributed by atoms with van der Waals surface area (Å²) in [6.45, 7) is 5.34. The number of hydrogen-bond acceptors (Lipinski definition) is 3. The maximum absolute atomic E-state index is 12.3. The maximum Gasteiger partial charge on any atom is 0.307 e. The van der Waals surface area contributed by atoms with Gasteiger partial charge in [0, 0.05) is 18.5 Å². The Morgan fingerprint density at radius 1 is 1.21 bits per heavy atom. The van der Waals surface area contributed by atoms with E-state index in [0.717, 1.165) is 0 Å². The molecule has 6 nitrogen and oxygen atoms in total. The van der Waals surface area contributed by atoms with Crippen molar-refractivity contribution in [1.29, 1.82) is 0 Å². The van der Waals surface area contributed by atoms with Gasteiger partial charge in [-0.3, -0.25) is 14.4 Å². The smallest absolute Gasteiger partial charge is 0.307 e. The minimum Gasteiger partial charge on any atom is -0.481 e. The monoisotopic (exact) mass is 270 g/mol. The van der Waals surface area contributed by atoms with Crippen LogP contribution in [0.15, 0.2) is 0 Å². The van der Waals surface area contributed by atoms with E-state index < -0.39 is 23.7 Å². The molecule has 1 heterocycles. The fraction of sp³-hybridized carbons (Fsp3) is 0.769. The van der Waals surface area contributed by atoms with Crippen LogP contribution in [0.2, 0.25) is 0 Å². The summed E-state index contributed by atoms with van der Waals surface area (Å²) in [6, 6.07) is 0.0199. The van der Waals surface area contributed by atoms with Gasteiger partial charge in [-0.1, -0.05) is 13.8 Å². The predicted molar refractivity (Wildman–Crippen MR) is 69.1 cm³/mol. The largest absolute Gasteiger partial charge is 0.481 e. The Morgan fingerprint density at radius 2 is 1.79 bits per heavy atom. The van der Waals surface area contributed by atoms with Crippen molar-refractivity contribution in [1.82, 2.24) is 4.90 Å². The number of primary amides is 1. The van der Waals surface area contributed by atoms with Gasteiger partial charge in [-0.05, 0) is 19.8 Å². The lowest BCUT2D eigenvalue weighted by Crippen LogP contribution is -2.51. The Hall–Kier alpha value is -1.59. The van der Waals surface area contributed by atoms with Crippen molar-refractivity contribution in [2.45, 2.75) is 39.7 Å². The molecule has 6 heteroatoms. The Kier molecular flexibility index (Phi) is 4.91. The molecule has 1 rings (SSSR count). The number of aliphatic carboxylic acids is 1. The van der Waals surface area contributed by atoms with Gasteiger partial charge in [0.1, 0.15) is 0 Å². The van der Waals surface area contributed by atoms with Crippen LogP contribution in [0.4, 0.5) is 0 Å². The molecule has 4 unspecified atom stereocenters. The topological polar surface area (TPSA) is 101 Å².